The van der Waals surface area contributed by atoms with Gasteiger partial charge in [-0.25, -0.2) is 9.97 Å². The van der Waals surface area contributed by atoms with Crippen molar-refractivity contribution in [2.75, 3.05) is 29.9 Å². The Morgan fingerprint density at radius 1 is 1.04 bits per heavy atom. The molecule has 2 rings (SSSR count). The molecule has 5 nitrogen and oxygen atoms in total. The van der Waals surface area contributed by atoms with Gasteiger partial charge in [-0.15, -0.1) is 0 Å². The minimum atomic E-state index is -0.132. The molecular formula is C18H24N4O. The van der Waals surface area contributed by atoms with Crippen molar-refractivity contribution in [2.24, 2.45) is 0 Å². The van der Waals surface area contributed by atoms with Crippen LogP contribution >= 0.6 is 0 Å². The van der Waals surface area contributed by atoms with Gasteiger partial charge in [0.15, 0.2) is 0 Å². The predicted molar refractivity (Wildman–Crippen MR) is 94.0 cm³/mol. The van der Waals surface area contributed by atoms with Crippen molar-refractivity contribution in [1.29, 1.82) is 0 Å². The van der Waals surface area contributed by atoms with E-state index in [0.29, 0.717) is 5.69 Å². The minimum absolute atomic E-state index is 0.132. The Labute approximate surface area is 138 Å². The van der Waals surface area contributed by atoms with Gasteiger partial charge >= 0.3 is 0 Å². The summed E-state index contributed by atoms with van der Waals surface area (Å²) in [5, 5.41) is 0. The molecule has 23 heavy (non-hydrogen) atoms. The maximum Gasteiger partial charge on any atom is 0.276 e. The first-order chi connectivity index (χ1) is 11.2. The number of aromatic nitrogens is 2. The van der Waals surface area contributed by atoms with Gasteiger partial charge in [0, 0.05) is 31.9 Å². The second kappa shape index (κ2) is 8.27. The van der Waals surface area contributed by atoms with Crippen LogP contribution < -0.4 is 9.80 Å². The summed E-state index contributed by atoms with van der Waals surface area (Å²) in [5.41, 5.74) is 1.26. The Morgan fingerprint density at radius 3 is 2.30 bits per heavy atom. The molecule has 0 aliphatic rings. The fourth-order valence-electron chi connectivity index (χ4n) is 2.46. The number of amides is 1. The fourth-order valence-corrected chi connectivity index (χ4v) is 2.46. The molecule has 0 aliphatic carbocycles. The first kappa shape index (κ1) is 16.9. The third kappa shape index (κ3) is 4.28. The molecule has 1 aromatic carbocycles. The number of rotatable bonds is 7. The highest BCUT2D eigenvalue weighted by Crippen LogP contribution is 2.17. The van der Waals surface area contributed by atoms with Gasteiger partial charge in [-0.1, -0.05) is 32.0 Å². The summed E-state index contributed by atoms with van der Waals surface area (Å²) in [5.74, 6) is 0.682. The molecule has 0 bridgehead atoms. The summed E-state index contributed by atoms with van der Waals surface area (Å²) in [6.07, 6.45) is 3.55. The van der Waals surface area contributed by atoms with Gasteiger partial charge in [0.1, 0.15) is 17.8 Å². The largest absolute Gasteiger partial charge is 0.357 e. The third-order valence-electron chi connectivity index (χ3n) is 3.63. The second-order valence-electron chi connectivity index (χ2n) is 5.45. The van der Waals surface area contributed by atoms with Gasteiger partial charge in [-0.3, -0.25) is 4.79 Å². The van der Waals surface area contributed by atoms with Crippen LogP contribution in [-0.4, -0.2) is 36.0 Å². The Morgan fingerprint density at radius 2 is 1.70 bits per heavy atom. The van der Waals surface area contributed by atoms with Gasteiger partial charge < -0.3 is 9.80 Å². The number of anilines is 2. The maximum absolute atomic E-state index is 12.7. The molecular weight excluding hydrogens is 288 g/mol. The third-order valence-corrected chi connectivity index (χ3v) is 3.63. The zero-order valence-corrected chi connectivity index (χ0v) is 14.1. The summed E-state index contributed by atoms with van der Waals surface area (Å²) in [6, 6.07) is 11.3. The van der Waals surface area contributed by atoms with E-state index in [1.54, 1.807) is 18.0 Å². The van der Waals surface area contributed by atoms with E-state index in [0.717, 1.165) is 37.4 Å². The zero-order valence-electron chi connectivity index (χ0n) is 14.1. The van der Waals surface area contributed by atoms with Crippen LogP contribution in [0, 0.1) is 0 Å². The summed E-state index contributed by atoms with van der Waals surface area (Å²) in [7, 11) is 1.76. The Kier molecular flexibility index (Phi) is 6.09. The molecule has 0 aliphatic heterocycles. The molecule has 0 unspecified atom stereocenters. The van der Waals surface area contributed by atoms with Crippen LogP contribution in [0.15, 0.2) is 42.7 Å². The van der Waals surface area contributed by atoms with E-state index in [4.69, 9.17) is 0 Å². The molecule has 0 atom stereocenters. The van der Waals surface area contributed by atoms with E-state index in [2.05, 4.69) is 28.7 Å². The summed E-state index contributed by atoms with van der Waals surface area (Å²) in [4.78, 5) is 25.0. The first-order valence-electron chi connectivity index (χ1n) is 8.07. The van der Waals surface area contributed by atoms with E-state index in [1.807, 2.05) is 30.3 Å². The molecule has 0 spiro atoms. The molecule has 2 aromatic rings. The van der Waals surface area contributed by atoms with Crippen LogP contribution in [0.5, 0.6) is 0 Å². The Balaban J connectivity index is 2.23. The molecule has 0 fully saturated rings. The van der Waals surface area contributed by atoms with Crippen LogP contribution in [-0.2, 0) is 0 Å². The van der Waals surface area contributed by atoms with E-state index in [-0.39, 0.29) is 5.91 Å². The highest BCUT2D eigenvalue weighted by Gasteiger charge is 2.17. The highest BCUT2D eigenvalue weighted by molar-refractivity contribution is 6.04. The van der Waals surface area contributed by atoms with E-state index < -0.39 is 0 Å². The van der Waals surface area contributed by atoms with Crippen molar-refractivity contribution >= 4 is 17.4 Å². The van der Waals surface area contributed by atoms with E-state index >= 15 is 0 Å². The lowest BCUT2D eigenvalue weighted by Crippen LogP contribution is -2.29. The molecule has 0 radical (unpaired) electrons. The molecule has 1 aromatic heterocycles. The first-order valence-corrected chi connectivity index (χ1v) is 8.07. The van der Waals surface area contributed by atoms with Crippen molar-refractivity contribution in [3.63, 3.8) is 0 Å². The SMILES string of the molecule is CCCN(CCC)c1cc(C(=O)N(C)c2ccccc2)ncn1. The topological polar surface area (TPSA) is 49.3 Å². The quantitative estimate of drug-likeness (QED) is 0.786. The molecule has 5 heteroatoms. The summed E-state index contributed by atoms with van der Waals surface area (Å²) in [6.45, 7) is 6.12. The molecule has 122 valence electrons. The smallest absolute Gasteiger partial charge is 0.276 e. The highest BCUT2D eigenvalue weighted by atomic mass is 16.2. The number of para-hydroxylation sites is 1. The lowest BCUT2D eigenvalue weighted by molar-refractivity contribution is 0.0988. The van der Waals surface area contributed by atoms with E-state index in [9.17, 15) is 4.79 Å². The fraction of sp³-hybridized carbons (Fsp3) is 0.389. The van der Waals surface area contributed by atoms with Gasteiger partial charge in [0.2, 0.25) is 0 Å². The lowest BCUT2D eigenvalue weighted by atomic mass is 10.2. The molecule has 1 amide bonds. The number of hydrogen-bond donors (Lipinski definition) is 0. The van der Waals surface area contributed by atoms with Gasteiger partial charge in [0.25, 0.3) is 5.91 Å². The van der Waals surface area contributed by atoms with Gasteiger partial charge in [-0.2, -0.15) is 0 Å². The van der Waals surface area contributed by atoms with Crippen molar-refractivity contribution < 1.29 is 4.79 Å². The zero-order chi connectivity index (χ0) is 16.7. The molecule has 1 heterocycles. The van der Waals surface area contributed by atoms with Crippen LogP contribution in [0.2, 0.25) is 0 Å². The molecule has 0 saturated heterocycles. The average molecular weight is 312 g/mol. The van der Waals surface area contributed by atoms with E-state index in [1.165, 1.54) is 6.33 Å². The number of carbonyl (C=O) groups excluding carboxylic acids is 1. The van der Waals surface area contributed by atoms with Crippen LogP contribution in [0.4, 0.5) is 11.5 Å². The number of hydrogen-bond acceptors (Lipinski definition) is 4. The molecule has 0 saturated carbocycles. The molecule has 0 N–H and O–H groups in total. The van der Waals surface area contributed by atoms with Crippen molar-refractivity contribution in [1.82, 2.24) is 9.97 Å². The van der Waals surface area contributed by atoms with Crippen LogP contribution in [0.3, 0.4) is 0 Å². The van der Waals surface area contributed by atoms with Gasteiger partial charge in [-0.05, 0) is 25.0 Å². The monoisotopic (exact) mass is 312 g/mol. The van der Waals surface area contributed by atoms with Crippen molar-refractivity contribution in [3.8, 4) is 0 Å². The van der Waals surface area contributed by atoms with Crippen molar-refractivity contribution in [2.45, 2.75) is 26.7 Å². The average Bonchev–Trinajstić information content (AvgIpc) is 2.61. The minimum Gasteiger partial charge on any atom is -0.357 e. The summed E-state index contributed by atoms with van der Waals surface area (Å²) >= 11 is 0. The lowest BCUT2D eigenvalue weighted by Gasteiger charge is -2.23. The van der Waals surface area contributed by atoms with Crippen molar-refractivity contribution in [3.05, 3.63) is 48.4 Å². The predicted octanol–water partition coefficient (Wildman–Crippen LogP) is 3.38. The second-order valence-corrected chi connectivity index (χ2v) is 5.45. The Bertz CT molecular complexity index is 624. The van der Waals surface area contributed by atoms with Crippen LogP contribution in [0.25, 0.3) is 0 Å². The van der Waals surface area contributed by atoms with Gasteiger partial charge in [0.05, 0.1) is 0 Å². The number of benzene rings is 1. The van der Waals surface area contributed by atoms with Crippen LogP contribution in [0.1, 0.15) is 37.2 Å². The standard InChI is InChI=1S/C18H24N4O/c1-4-11-22(12-5-2)17-13-16(19-14-20-17)18(23)21(3)15-9-7-6-8-10-15/h6-10,13-14H,4-5,11-12H2,1-3H3. The summed E-state index contributed by atoms with van der Waals surface area (Å²) < 4.78 is 0. The maximum atomic E-state index is 12.7. The number of carbonyl (C=O) groups is 1. The normalized spacial score (nSPS) is 10.4. The Hall–Kier alpha value is -2.43. The number of nitrogens with zero attached hydrogens (tertiary/aromatic N) is 4.